The number of halogens is 1. The van der Waals surface area contributed by atoms with Crippen molar-refractivity contribution in [2.45, 2.75) is 75.9 Å². The van der Waals surface area contributed by atoms with E-state index in [0.29, 0.717) is 23.5 Å². The van der Waals surface area contributed by atoms with E-state index in [0.717, 1.165) is 74.6 Å². The summed E-state index contributed by atoms with van der Waals surface area (Å²) in [4.78, 5) is 26.6. The second-order valence-corrected chi connectivity index (χ2v) is 11.1. The molecule has 1 aliphatic carbocycles. The maximum atomic E-state index is 11.7. The first kappa shape index (κ1) is 27.1. The predicted octanol–water partition coefficient (Wildman–Crippen LogP) is 4.18. The molecule has 1 aromatic carbocycles. The van der Waals surface area contributed by atoms with Crippen LogP contribution < -0.4 is 25.0 Å². The van der Waals surface area contributed by atoms with Crippen LogP contribution >= 0.6 is 11.6 Å². The minimum absolute atomic E-state index is 0.00604. The van der Waals surface area contributed by atoms with Gasteiger partial charge in [-0.2, -0.15) is 4.98 Å². The monoisotopic (exact) mass is 544 g/mol. The van der Waals surface area contributed by atoms with Crippen molar-refractivity contribution in [1.82, 2.24) is 20.2 Å². The predicted molar refractivity (Wildman–Crippen MR) is 152 cm³/mol. The molecule has 3 fully saturated rings. The molecule has 0 bridgehead atoms. The van der Waals surface area contributed by atoms with Gasteiger partial charge in [0.05, 0.1) is 19.7 Å². The van der Waals surface area contributed by atoms with Gasteiger partial charge in [-0.15, -0.1) is 11.6 Å². The molecule has 2 aliphatic heterocycles. The lowest BCUT2D eigenvalue weighted by atomic mass is 9.92. The maximum absolute atomic E-state index is 11.7. The summed E-state index contributed by atoms with van der Waals surface area (Å²) in [5.41, 5.74) is 0.826. The fourth-order valence-electron chi connectivity index (χ4n) is 6.23. The average Bonchev–Trinajstić information content (AvgIpc) is 2.97. The molecule has 3 heterocycles. The number of carbonyl (C=O) groups is 1. The van der Waals surface area contributed by atoms with Gasteiger partial charge in [0.2, 0.25) is 11.9 Å². The third-order valence-corrected chi connectivity index (χ3v) is 8.66. The lowest BCUT2D eigenvalue weighted by molar-refractivity contribution is -0.119. The Bertz CT molecular complexity index is 1100. The molecule has 208 valence electrons. The highest BCUT2D eigenvalue weighted by molar-refractivity contribution is 6.27. The van der Waals surface area contributed by atoms with Crippen LogP contribution in [0.15, 0.2) is 12.1 Å². The van der Waals surface area contributed by atoms with Crippen LogP contribution in [0.25, 0.3) is 10.9 Å². The zero-order chi connectivity index (χ0) is 26.5. The molecule has 2 aromatic rings. The first-order valence-electron chi connectivity index (χ1n) is 14.1. The molecule has 1 saturated carbocycles. The van der Waals surface area contributed by atoms with E-state index in [1.807, 2.05) is 12.1 Å². The third-order valence-electron chi connectivity index (χ3n) is 8.42. The fraction of sp³-hybridized carbons (Fsp3) is 0.679. The Hall–Kier alpha value is -2.52. The number of benzene rings is 1. The van der Waals surface area contributed by atoms with Crippen LogP contribution in [-0.4, -0.2) is 85.2 Å². The van der Waals surface area contributed by atoms with Gasteiger partial charge in [-0.1, -0.05) is 19.3 Å². The first-order chi connectivity index (χ1) is 18.6. The number of nitrogens with zero attached hydrogens (tertiary/aromatic N) is 4. The molecule has 2 N–H and O–H groups in total. The van der Waals surface area contributed by atoms with Crippen molar-refractivity contribution in [3.8, 4) is 11.5 Å². The second-order valence-electron chi connectivity index (χ2n) is 10.8. The highest BCUT2D eigenvalue weighted by Crippen LogP contribution is 2.36. The van der Waals surface area contributed by atoms with E-state index >= 15 is 0 Å². The molecule has 0 spiro atoms. The number of ether oxygens (including phenoxy) is 2. The second kappa shape index (κ2) is 12.6. The Balaban J connectivity index is 1.35. The highest BCUT2D eigenvalue weighted by Gasteiger charge is 2.28. The van der Waals surface area contributed by atoms with Crippen LogP contribution in [0.4, 0.5) is 11.8 Å². The van der Waals surface area contributed by atoms with Gasteiger partial charge in [-0.3, -0.25) is 4.79 Å². The molecular weight excluding hydrogens is 504 g/mol. The van der Waals surface area contributed by atoms with E-state index in [-0.39, 0.29) is 17.8 Å². The number of aromatic nitrogens is 2. The molecule has 38 heavy (non-hydrogen) atoms. The minimum Gasteiger partial charge on any atom is -0.493 e. The lowest BCUT2D eigenvalue weighted by Crippen LogP contribution is -2.46. The Morgan fingerprint density at radius 3 is 2.24 bits per heavy atom. The van der Waals surface area contributed by atoms with Crippen LogP contribution in [0.5, 0.6) is 11.5 Å². The van der Waals surface area contributed by atoms with E-state index in [2.05, 4.69) is 20.4 Å². The number of hydrogen-bond donors (Lipinski definition) is 2. The summed E-state index contributed by atoms with van der Waals surface area (Å²) in [6, 6.07) is 5.18. The Morgan fingerprint density at radius 2 is 1.58 bits per heavy atom. The lowest BCUT2D eigenvalue weighted by Gasteiger charge is -2.39. The van der Waals surface area contributed by atoms with Gasteiger partial charge in [0.1, 0.15) is 11.7 Å². The highest BCUT2D eigenvalue weighted by atomic mass is 35.5. The van der Waals surface area contributed by atoms with E-state index in [1.54, 1.807) is 14.2 Å². The standard InChI is InChI=1S/C28H41ClN6O3/c1-37-24-16-22-23(17-25(24)38-2)32-28(35-14-10-19(11-15-35)30-26(36)18-29)33-27(22)31-20-8-12-34(13-9-20)21-6-4-3-5-7-21/h16-17,19-21H,3-15,18H2,1-2H3,(H,30,36)(H,31,32,33). The number of nitrogens with one attached hydrogen (secondary N) is 2. The molecule has 3 aliphatic rings. The molecule has 5 rings (SSSR count). The number of fused-ring (bicyclic) bond motifs is 1. The third kappa shape index (κ3) is 6.20. The van der Waals surface area contributed by atoms with Gasteiger partial charge in [-0.05, 0) is 44.6 Å². The topological polar surface area (TPSA) is 91.8 Å². The number of piperidine rings is 2. The van der Waals surface area contributed by atoms with Crippen LogP contribution in [0.3, 0.4) is 0 Å². The van der Waals surface area contributed by atoms with E-state index in [1.165, 1.54) is 32.1 Å². The molecule has 2 saturated heterocycles. The van der Waals surface area contributed by atoms with Crippen molar-refractivity contribution in [2.24, 2.45) is 0 Å². The van der Waals surface area contributed by atoms with Crippen LogP contribution in [0.1, 0.15) is 57.8 Å². The minimum atomic E-state index is -0.117. The Kier molecular flexibility index (Phi) is 8.94. The zero-order valence-electron chi connectivity index (χ0n) is 22.7. The van der Waals surface area contributed by atoms with Crippen LogP contribution in [0.2, 0.25) is 0 Å². The number of methoxy groups -OCH3 is 2. The van der Waals surface area contributed by atoms with Crippen molar-refractivity contribution < 1.29 is 14.3 Å². The van der Waals surface area contributed by atoms with Crippen molar-refractivity contribution in [3.05, 3.63) is 12.1 Å². The molecular formula is C28H41ClN6O3. The molecule has 1 amide bonds. The van der Waals surface area contributed by atoms with Gasteiger partial charge in [0, 0.05) is 55.8 Å². The number of carbonyl (C=O) groups excluding carboxylic acids is 1. The quantitative estimate of drug-likeness (QED) is 0.478. The largest absolute Gasteiger partial charge is 0.493 e. The van der Waals surface area contributed by atoms with Gasteiger partial charge in [0.25, 0.3) is 0 Å². The number of anilines is 2. The number of likely N-dealkylation sites (tertiary alicyclic amines) is 1. The number of alkyl halides is 1. The van der Waals surface area contributed by atoms with Gasteiger partial charge in [0.15, 0.2) is 11.5 Å². The van der Waals surface area contributed by atoms with E-state index in [4.69, 9.17) is 31.0 Å². The Morgan fingerprint density at radius 1 is 0.921 bits per heavy atom. The molecule has 0 atom stereocenters. The van der Waals surface area contributed by atoms with Crippen molar-refractivity contribution in [2.75, 3.05) is 56.5 Å². The molecule has 10 heteroatoms. The van der Waals surface area contributed by atoms with Gasteiger partial charge < -0.3 is 29.9 Å². The summed E-state index contributed by atoms with van der Waals surface area (Å²) in [5, 5.41) is 7.73. The van der Waals surface area contributed by atoms with E-state index in [9.17, 15) is 4.79 Å². The summed E-state index contributed by atoms with van der Waals surface area (Å²) in [6.07, 6.45) is 10.7. The summed E-state index contributed by atoms with van der Waals surface area (Å²) in [6.45, 7) is 3.81. The molecule has 9 nitrogen and oxygen atoms in total. The SMILES string of the molecule is COc1cc2nc(N3CCC(NC(=O)CCl)CC3)nc(NC3CCN(C4CCCCC4)CC3)c2cc1OC. The maximum Gasteiger partial charge on any atom is 0.235 e. The molecule has 0 radical (unpaired) electrons. The normalized spacial score (nSPS) is 20.4. The first-order valence-corrected chi connectivity index (χ1v) is 14.7. The van der Waals surface area contributed by atoms with Crippen LogP contribution in [0, 0.1) is 0 Å². The smallest absolute Gasteiger partial charge is 0.235 e. The number of amides is 1. The van der Waals surface area contributed by atoms with Gasteiger partial charge >= 0.3 is 0 Å². The van der Waals surface area contributed by atoms with Gasteiger partial charge in [-0.25, -0.2) is 4.98 Å². The summed E-state index contributed by atoms with van der Waals surface area (Å²) in [5.74, 6) is 2.75. The summed E-state index contributed by atoms with van der Waals surface area (Å²) >= 11 is 5.67. The number of hydrogen-bond acceptors (Lipinski definition) is 8. The average molecular weight is 545 g/mol. The number of rotatable bonds is 8. The zero-order valence-corrected chi connectivity index (χ0v) is 23.4. The summed E-state index contributed by atoms with van der Waals surface area (Å²) in [7, 11) is 3.30. The Labute approximate surface area is 230 Å². The summed E-state index contributed by atoms with van der Waals surface area (Å²) < 4.78 is 11.2. The van der Waals surface area contributed by atoms with Crippen LogP contribution in [-0.2, 0) is 4.79 Å². The van der Waals surface area contributed by atoms with Crippen molar-refractivity contribution in [3.63, 3.8) is 0 Å². The molecule has 0 unspecified atom stereocenters. The molecule has 1 aromatic heterocycles. The fourth-order valence-corrected chi connectivity index (χ4v) is 6.31. The van der Waals surface area contributed by atoms with Crippen molar-refractivity contribution >= 4 is 40.2 Å². The van der Waals surface area contributed by atoms with E-state index < -0.39 is 0 Å². The van der Waals surface area contributed by atoms with Crippen molar-refractivity contribution in [1.29, 1.82) is 0 Å².